The van der Waals surface area contributed by atoms with Gasteiger partial charge in [-0.1, -0.05) is 6.92 Å². The Hall–Kier alpha value is -1.06. The molecule has 2 unspecified atom stereocenters. The first-order chi connectivity index (χ1) is 6.66. The van der Waals surface area contributed by atoms with Gasteiger partial charge in [-0.05, 0) is 19.3 Å². The molecule has 2 rings (SSSR count). The molecule has 2 atom stereocenters. The Kier molecular flexibility index (Phi) is 2.21. The fraction of sp³-hybridized carbons (Fsp3) is 0.800. The monoisotopic (exact) mass is 196 g/mol. The van der Waals surface area contributed by atoms with E-state index in [2.05, 4.69) is 0 Å². The molecule has 0 N–H and O–H groups in total. The molecule has 14 heavy (non-hydrogen) atoms. The van der Waals surface area contributed by atoms with Gasteiger partial charge in [0.15, 0.2) is 0 Å². The highest BCUT2D eigenvalue weighted by molar-refractivity contribution is 5.97. The molecule has 0 bridgehead atoms. The molecule has 4 nitrogen and oxygen atoms in total. The van der Waals surface area contributed by atoms with Gasteiger partial charge in [0.2, 0.25) is 11.8 Å². The van der Waals surface area contributed by atoms with Gasteiger partial charge in [-0.3, -0.25) is 9.59 Å². The van der Waals surface area contributed by atoms with Gasteiger partial charge in [0, 0.05) is 13.6 Å². The molecular formula is C10H16N2O2. The van der Waals surface area contributed by atoms with Crippen LogP contribution >= 0.6 is 0 Å². The van der Waals surface area contributed by atoms with Crippen molar-refractivity contribution < 1.29 is 9.59 Å². The summed E-state index contributed by atoms with van der Waals surface area (Å²) in [5, 5.41) is 0. The molecule has 2 heterocycles. The summed E-state index contributed by atoms with van der Waals surface area (Å²) in [4.78, 5) is 27.2. The minimum absolute atomic E-state index is 0.119. The SMILES string of the molecule is CCC1C(=O)N2CCCC2C(=O)N1C. The molecule has 2 fully saturated rings. The van der Waals surface area contributed by atoms with Crippen LogP contribution in [0, 0.1) is 0 Å². The summed E-state index contributed by atoms with van der Waals surface area (Å²) in [5.41, 5.74) is 0. The molecule has 4 heteroatoms. The zero-order valence-electron chi connectivity index (χ0n) is 8.69. The molecule has 0 radical (unpaired) electrons. The second kappa shape index (κ2) is 3.26. The number of nitrogens with zero attached hydrogens (tertiary/aromatic N) is 2. The normalized spacial score (nSPS) is 32.4. The van der Waals surface area contributed by atoms with Crippen molar-refractivity contribution in [1.82, 2.24) is 9.80 Å². The van der Waals surface area contributed by atoms with Gasteiger partial charge in [0.1, 0.15) is 12.1 Å². The number of piperazine rings is 1. The lowest BCUT2D eigenvalue weighted by atomic mass is 10.0. The van der Waals surface area contributed by atoms with Gasteiger partial charge in [-0.15, -0.1) is 0 Å². The van der Waals surface area contributed by atoms with Gasteiger partial charge in [0.25, 0.3) is 0 Å². The Morgan fingerprint density at radius 3 is 2.71 bits per heavy atom. The summed E-state index contributed by atoms with van der Waals surface area (Å²) in [6.45, 7) is 2.71. The van der Waals surface area contributed by atoms with E-state index in [1.54, 1.807) is 16.8 Å². The quantitative estimate of drug-likeness (QED) is 0.602. The fourth-order valence-corrected chi connectivity index (χ4v) is 2.48. The van der Waals surface area contributed by atoms with E-state index in [1.165, 1.54) is 0 Å². The largest absolute Gasteiger partial charge is 0.332 e. The van der Waals surface area contributed by atoms with Crippen LogP contribution in [0.4, 0.5) is 0 Å². The molecule has 2 amide bonds. The van der Waals surface area contributed by atoms with Crippen molar-refractivity contribution in [2.75, 3.05) is 13.6 Å². The standard InChI is InChI=1S/C10H16N2O2/c1-3-7-10(14)12-6-4-5-8(12)9(13)11(7)2/h7-8H,3-6H2,1-2H3. The Bertz CT molecular complexity index is 273. The van der Waals surface area contributed by atoms with E-state index in [0.29, 0.717) is 6.42 Å². The number of amides is 2. The number of hydrogen-bond donors (Lipinski definition) is 0. The van der Waals surface area contributed by atoms with E-state index < -0.39 is 0 Å². The maximum absolute atomic E-state index is 11.9. The van der Waals surface area contributed by atoms with E-state index in [1.807, 2.05) is 6.92 Å². The molecule has 0 aromatic rings. The average Bonchev–Trinajstić information content (AvgIpc) is 2.64. The third-order valence-electron chi connectivity index (χ3n) is 3.31. The van der Waals surface area contributed by atoms with E-state index in [4.69, 9.17) is 0 Å². The number of carbonyl (C=O) groups excluding carboxylic acids is 2. The van der Waals surface area contributed by atoms with E-state index >= 15 is 0 Å². The van der Waals surface area contributed by atoms with Crippen molar-refractivity contribution in [2.45, 2.75) is 38.3 Å². The van der Waals surface area contributed by atoms with Crippen molar-refractivity contribution >= 4 is 11.8 Å². The van der Waals surface area contributed by atoms with Crippen LogP contribution < -0.4 is 0 Å². The van der Waals surface area contributed by atoms with Crippen LogP contribution in [-0.4, -0.2) is 47.3 Å². The number of carbonyl (C=O) groups is 2. The highest BCUT2D eigenvalue weighted by Crippen LogP contribution is 2.26. The molecule has 0 aromatic heterocycles. The van der Waals surface area contributed by atoms with Gasteiger partial charge in [-0.25, -0.2) is 0 Å². The first-order valence-electron chi connectivity index (χ1n) is 5.24. The first-order valence-corrected chi connectivity index (χ1v) is 5.24. The smallest absolute Gasteiger partial charge is 0.246 e. The minimum atomic E-state index is -0.225. The summed E-state index contributed by atoms with van der Waals surface area (Å²) in [7, 11) is 1.74. The van der Waals surface area contributed by atoms with Crippen LogP contribution in [0.3, 0.4) is 0 Å². The minimum Gasteiger partial charge on any atom is -0.332 e. The van der Waals surface area contributed by atoms with E-state index in [-0.39, 0.29) is 23.9 Å². The zero-order chi connectivity index (χ0) is 10.3. The summed E-state index contributed by atoms with van der Waals surface area (Å²) in [6.07, 6.45) is 2.52. The predicted molar refractivity (Wildman–Crippen MR) is 51.6 cm³/mol. The Labute approximate surface area is 83.9 Å². The van der Waals surface area contributed by atoms with Crippen LogP contribution in [-0.2, 0) is 9.59 Å². The van der Waals surface area contributed by atoms with Crippen LogP contribution in [0.15, 0.2) is 0 Å². The molecular weight excluding hydrogens is 180 g/mol. The second-order valence-corrected chi connectivity index (χ2v) is 4.06. The summed E-state index contributed by atoms with van der Waals surface area (Å²) in [5.74, 6) is 0.256. The van der Waals surface area contributed by atoms with Gasteiger partial charge in [-0.2, -0.15) is 0 Å². The number of hydrogen-bond acceptors (Lipinski definition) is 2. The van der Waals surface area contributed by atoms with Gasteiger partial charge in [0.05, 0.1) is 0 Å². The number of likely N-dealkylation sites (N-methyl/N-ethyl adjacent to an activating group) is 1. The average molecular weight is 196 g/mol. The zero-order valence-corrected chi connectivity index (χ0v) is 8.69. The third-order valence-corrected chi connectivity index (χ3v) is 3.31. The van der Waals surface area contributed by atoms with Crippen molar-refractivity contribution in [3.05, 3.63) is 0 Å². The molecule has 0 aliphatic carbocycles. The Morgan fingerprint density at radius 1 is 1.36 bits per heavy atom. The van der Waals surface area contributed by atoms with E-state index in [0.717, 1.165) is 19.4 Å². The lowest BCUT2D eigenvalue weighted by Gasteiger charge is -2.40. The predicted octanol–water partition coefficient (Wildman–Crippen LogP) is 0.228. The molecule has 2 aliphatic rings. The van der Waals surface area contributed by atoms with Crippen LogP contribution in [0.5, 0.6) is 0 Å². The summed E-state index contributed by atoms with van der Waals surface area (Å²) < 4.78 is 0. The van der Waals surface area contributed by atoms with Crippen molar-refractivity contribution in [2.24, 2.45) is 0 Å². The molecule has 2 saturated heterocycles. The lowest BCUT2D eigenvalue weighted by molar-refractivity contribution is -0.157. The highest BCUT2D eigenvalue weighted by Gasteiger charge is 2.45. The molecule has 0 aromatic carbocycles. The van der Waals surface area contributed by atoms with Gasteiger partial charge < -0.3 is 9.80 Å². The fourth-order valence-electron chi connectivity index (χ4n) is 2.48. The van der Waals surface area contributed by atoms with Crippen molar-refractivity contribution in [1.29, 1.82) is 0 Å². The van der Waals surface area contributed by atoms with Crippen LogP contribution in [0.25, 0.3) is 0 Å². The maximum atomic E-state index is 11.9. The van der Waals surface area contributed by atoms with Crippen molar-refractivity contribution in [3.8, 4) is 0 Å². The van der Waals surface area contributed by atoms with Crippen molar-refractivity contribution in [3.63, 3.8) is 0 Å². The topological polar surface area (TPSA) is 40.6 Å². The van der Waals surface area contributed by atoms with Crippen LogP contribution in [0.1, 0.15) is 26.2 Å². The molecule has 0 saturated carbocycles. The highest BCUT2D eigenvalue weighted by atomic mass is 16.2. The lowest BCUT2D eigenvalue weighted by Crippen LogP contribution is -2.61. The summed E-state index contributed by atoms with van der Waals surface area (Å²) in [6, 6.07) is -0.382. The maximum Gasteiger partial charge on any atom is 0.246 e. The molecule has 78 valence electrons. The molecule has 0 spiro atoms. The van der Waals surface area contributed by atoms with Gasteiger partial charge >= 0.3 is 0 Å². The summed E-state index contributed by atoms with van der Waals surface area (Å²) >= 11 is 0. The van der Waals surface area contributed by atoms with Crippen LogP contribution in [0.2, 0.25) is 0 Å². The number of rotatable bonds is 1. The third kappa shape index (κ3) is 1.13. The second-order valence-electron chi connectivity index (χ2n) is 4.06. The number of fused-ring (bicyclic) bond motifs is 1. The van der Waals surface area contributed by atoms with E-state index in [9.17, 15) is 9.59 Å². The Balaban J connectivity index is 2.27. The molecule has 2 aliphatic heterocycles. The first kappa shape index (κ1) is 9.49. The Morgan fingerprint density at radius 2 is 2.07 bits per heavy atom.